The highest BCUT2D eigenvalue weighted by atomic mass is 32.2. The molecule has 2 atom stereocenters. The molecule has 0 aliphatic carbocycles. The van der Waals surface area contributed by atoms with E-state index in [1.54, 1.807) is 25.3 Å². The second-order valence-electron chi connectivity index (χ2n) is 4.36. The van der Waals surface area contributed by atoms with Crippen molar-refractivity contribution in [1.82, 2.24) is 5.32 Å². The minimum atomic E-state index is -0.765. The Morgan fingerprint density at radius 3 is 2.76 bits per heavy atom. The molecule has 0 heterocycles. The Balaban J connectivity index is 2.31. The van der Waals surface area contributed by atoms with Gasteiger partial charge in [0.2, 0.25) is 0 Å². The summed E-state index contributed by atoms with van der Waals surface area (Å²) in [5.41, 5.74) is 1.61. The normalized spacial score (nSPS) is 14.6. The number of benzene rings is 1. The molecule has 0 aromatic heterocycles. The van der Waals surface area contributed by atoms with Crippen LogP contribution >= 0.6 is 0 Å². The molecule has 0 saturated heterocycles. The fourth-order valence-electron chi connectivity index (χ4n) is 1.45. The van der Waals surface area contributed by atoms with Gasteiger partial charge in [0.15, 0.2) is 0 Å². The maximum atomic E-state index is 13.3. The molecule has 0 aliphatic heterocycles. The summed E-state index contributed by atoms with van der Waals surface area (Å²) in [7, 11) is -0.765. The fraction of sp³-hybridized carbons (Fsp3) is 0.538. The fourth-order valence-corrected chi connectivity index (χ4v) is 1.90. The maximum Gasteiger partial charge on any atom is 0.126 e. The van der Waals surface area contributed by atoms with E-state index in [-0.39, 0.29) is 11.1 Å². The van der Waals surface area contributed by atoms with Crippen LogP contribution < -0.4 is 5.32 Å². The van der Waals surface area contributed by atoms with Gasteiger partial charge in [0.1, 0.15) is 5.82 Å². The van der Waals surface area contributed by atoms with E-state index in [4.69, 9.17) is 0 Å². The van der Waals surface area contributed by atoms with E-state index in [0.29, 0.717) is 12.1 Å². The third-order valence-corrected chi connectivity index (χ3v) is 4.23. The lowest BCUT2D eigenvalue weighted by molar-refractivity contribution is 0.606. The van der Waals surface area contributed by atoms with Crippen molar-refractivity contribution in [3.63, 3.8) is 0 Å². The molecule has 0 aliphatic rings. The van der Waals surface area contributed by atoms with Gasteiger partial charge in [-0.05, 0) is 37.1 Å². The van der Waals surface area contributed by atoms with Crippen LogP contribution in [0.2, 0.25) is 0 Å². The largest absolute Gasteiger partial charge is 0.313 e. The Morgan fingerprint density at radius 2 is 2.18 bits per heavy atom. The summed E-state index contributed by atoms with van der Waals surface area (Å²) < 4.78 is 24.4. The van der Waals surface area contributed by atoms with Gasteiger partial charge in [0.05, 0.1) is 0 Å². The average Bonchev–Trinajstić information content (AvgIpc) is 2.28. The van der Waals surface area contributed by atoms with Crippen LogP contribution in [-0.2, 0) is 17.3 Å². The van der Waals surface area contributed by atoms with E-state index in [1.807, 2.05) is 13.0 Å². The van der Waals surface area contributed by atoms with Crippen LogP contribution in [0.3, 0.4) is 0 Å². The summed E-state index contributed by atoms with van der Waals surface area (Å²) in [6, 6.07) is 5.27. The molecule has 0 amide bonds. The Morgan fingerprint density at radius 1 is 1.47 bits per heavy atom. The van der Waals surface area contributed by atoms with E-state index in [0.717, 1.165) is 18.5 Å². The first-order chi connectivity index (χ1) is 8.00. The van der Waals surface area contributed by atoms with Gasteiger partial charge in [0.25, 0.3) is 0 Å². The predicted molar refractivity (Wildman–Crippen MR) is 71.0 cm³/mol. The van der Waals surface area contributed by atoms with Crippen molar-refractivity contribution in [1.29, 1.82) is 0 Å². The number of aryl methyl sites for hydroxylation is 1. The van der Waals surface area contributed by atoms with Gasteiger partial charge in [-0.25, -0.2) is 4.39 Å². The summed E-state index contributed by atoms with van der Waals surface area (Å²) >= 11 is 0. The predicted octanol–water partition coefficient (Wildman–Crippen LogP) is 2.38. The number of hydrogen-bond acceptors (Lipinski definition) is 2. The minimum Gasteiger partial charge on any atom is -0.313 e. The van der Waals surface area contributed by atoms with Crippen LogP contribution in [0, 0.1) is 12.7 Å². The lowest BCUT2D eigenvalue weighted by atomic mass is 10.1. The van der Waals surface area contributed by atoms with Gasteiger partial charge in [-0.15, -0.1) is 0 Å². The smallest absolute Gasteiger partial charge is 0.126 e. The van der Waals surface area contributed by atoms with Gasteiger partial charge in [-0.1, -0.05) is 19.1 Å². The van der Waals surface area contributed by atoms with Crippen LogP contribution in [0.5, 0.6) is 0 Å². The highest BCUT2D eigenvalue weighted by Crippen LogP contribution is 2.08. The topological polar surface area (TPSA) is 29.1 Å². The second-order valence-corrected chi connectivity index (χ2v) is 6.16. The Bertz CT molecular complexity index is 395. The highest BCUT2D eigenvalue weighted by molar-refractivity contribution is 7.84. The average molecular weight is 257 g/mol. The zero-order valence-electron chi connectivity index (χ0n) is 10.6. The summed E-state index contributed by atoms with van der Waals surface area (Å²) in [6.45, 7) is 5.19. The van der Waals surface area contributed by atoms with Crippen molar-refractivity contribution in [3.8, 4) is 0 Å². The van der Waals surface area contributed by atoms with Gasteiger partial charge in [-0.3, -0.25) is 4.21 Å². The Hall–Kier alpha value is -0.740. The molecule has 2 unspecified atom stereocenters. The standard InChI is InChI=1S/C13H20FNOS/c1-10-4-5-12(8-13(10)14)9-15-7-6-11(2)17(3)16/h4-5,8,11,15H,6-7,9H2,1-3H3. The second kappa shape index (κ2) is 6.87. The van der Waals surface area contributed by atoms with Gasteiger partial charge in [0, 0.05) is 28.9 Å². The first-order valence-electron chi connectivity index (χ1n) is 5.78. The number of nitrogens with one attached hydrogen (secondary N) is 1. The highest BCUT2D eigenvalue weighted by Gasteiger charge is 2.05. The molecule has 17 heavy (non-hydrogen) atoms. The minimum absolute atomic E-state index is 0.160. The molecular formula is C13H20FNOS. The Labute approximate surface area is 105 Å². The van der Waals surface area contributed by atoms with Crippen molar-refractivity contribution in [2.45, 2.75) is 32.1 Å². The third-order valence-electron chi connectivity index (χ3n) is 2.86. The number of halogens is 1. The van der Waals surface area contributed by atoms with Gasteiger partial charge in [-0.2, -0.15) is 0 Å². The summed E-state index contributed by atoms with van der Waals surface area (Å²) in [5.74, 6) is -0.160. The van der Waals surface area contributed by atoms with Crippen molar-refractivity contribution in [2.24, 2.45) is 0 Å². The zero-order chi connectivity index (χ0) is 12.8. The lowest BCUT2D eigenvalue weighted by Gasteiger charge is -2.09. The van der Waals surface area contributed by atoms with Crippen LogP contribution in [0.25, 0.3) is 0 Å². The van der Waals surface area contributed by atoms with E-state index in [2.05, 4.69) is 5.32 Å². The van der Waals surface area contributed by atoms with E-state index < -0.39 is 10.8 Å². The molecule has 1 aromatic rings. The molecule has 0 saturated carbocycles. The van der Waals surface area contributed by atoms with Crippen LogP contribution in [-0.4, -0.2) is 22.3 Å². The molecule has 0 spiro atoms. The van der Waals surface area contributed by atoms with Crippen LogP contribution in [0.15, 0.2) is 18.2 Å². The third kappa shape index (κ3) is 4.96. The van der Waals surface area contributed by atoms with Crippen molar-refractivity contribution in [2.75, 3.05) is 12.8 Å². The summed E-state index contributed by atoms with van der Waals surface area (Å²) in [4.78, 5) is 0. The van der Waals surface area contributed by atoms with E-state index in [1.165, 1.54) is 0 Å². The van der Waals surface area contributed by atoms with Gasteiger partial charge >= 0.3 is 0 Å². The molecule has 1 aromatic carbocycles. The van der Waals surface area contributed by atoms with Crippen molar-refractivity contribution < 1.29 is 8.60 Å². The maximum absolute atomic E-state index is 13.3. The zero-order valence-corrected chi connectivity index (χ0v) is 11.4. The molecule has 0 radical (unpaired) electrons. The SMILES string of the molecule is Cc1ccc(CNCCC(C)S(C)=O)cc1F. The molecule has 1 N–H and O–H groups in total. The number of hydrogen-bond donors (Lipinski definition) is 1. The van der Waals surface area contributed by atoms with Crippen molar-refractivity contribution in [3.05, 3.63) is 35.1 Å². The molecule has 96 valence electrons. The molecular weight excluding hydrogens is 237 g/mol. The van der Waals surface area contributed by atoms with Crippen molar-refractivity contribution >= 4 is 10.8 Å². The van der Waals surface area contributed by atoms with E-state index in [9.17, 15) is 8.60 Å². The lowest BCUT2D eigenvalue weighted by Crippen LogP contribution is -2.21. The molecule has 2 nitrogen and oxygen atoms in total. The molecule has 0 fully saturated rings. The Kier molecular flexibility index (Phi) is 5.78. The van der Waals surface area contributed by atoms with Crippen LogP contribution in [0.1, 0.15) is 24.5 Å². The van der Waals surface area contributed by atoms with Gasteiger partial charge < -0.3 is 5.32 Å². The monoisotopic (exact) mass is 257 g/mol. The summed E-state index contributed by atoms with van der Waals surface area (Å²) in [6.07, 6.45) is 2.59. The number of rotatable bonds is 6. The molecule has 1 rings (SSSR count). The quantitative estimate of drug-likeness (QED) is 0.793. The first-order valence-corrected chi connectivity index (χ1v) is 7.41. The molecule has 4 heteroatoms. The first kappa shape index (κ1) is 14.3. The molecule has 0 bridgehead atoms. The van der Waals surface area contributed by atoms with Crippen LogP contribution in [0.4, 0.5) is 4.39 Å². The van der Waals surface area contributed by atoms with E-state index >= 15 is 0 Å². The summed E-state index contributed by atoms with van der Waals surface area (Å²) in [5, 5.41) is 3.44.